The van der Waals surface area contributed by atoms with Crippen molar-refractivity contribution in [2.24, 2.45) is 0 Å². The molecule has 3 rings (SSSR count). The first-order valence-electron chi connectivity index (χ1n) is 6.94. The highest BCUT2D eigenvalue weighted by atomic mass is 16.2. The summed E-state index contributed by atoms with van der Waals surface area (Å²) in [5, 5.41) is 2.67. The molecule has 0 spiro atoms. The van der Waals surface area contributed by atoms with E-state index in [1.54, 1.807) is 36.5 Å². The molecule has 23 heavy (non-hydrogen) atoms. The van der Waals surface area contributed by atoms with Gasteiger partial charge in [0.2, 0.25) is 0 Å². The summed E-state index contributed by atoms with van der Waals surface area (Å²) in [5.41, 5.74) is 2.13. The van der Waals surface area contributed by atoms with Gasteiger partial charge in [0.1, 0.15) is 11.2 Å². The lowest BCUT2D eigenvalue weighted by molar-refractivity contribution is 0.102. The third-order valence-electron chi connectivity index (χ3n) is 3.38. The van der Waals surface area contributed by atoms with E-state index in [0.29, 0.717) is 16.9 Å². The van der Waals surface area contributed by atoms with E-state index in [9.17, 15) is 9.59 Å². The van der Waals surface area contributed by atoms with E-state index in [1.165, 1.54) is 10.6 Å². The molecule has 0 atom stereocenters. The second-order valence-electron chi connectivity index (χ2n) is 5.09. The Morgan fingerprint density at radius 1 is 1.30 bits per heavy atom. The molecule has 2 aromatic heterocycles. The van der Waals surface area contributed by atoms with Crippen molar-refractivity contribution in [3.8, 4) is 12.3 Å². The summed E-state index contributed by atoms with van der Waals surface area (Å²) < 4.78 is 1.36. The number of nitrogens with one attached hydrogen (secondary N) is 1. The molecule has 5 nitrogen and oxygen atoms in total. The Morgan fingerprint density at radius 2 is 2.13 bits per heavy atom. The van der Waals surface area contributed by atoms with Crippen LogP contribution >= 0.6 is 0 Å². The van der Waals surface area contributed by atoms with E-state index >= 15 is 0 Å². The number of hydrogen-bond donors (Lipinski definition) is 1. The minimum Gasteiger partial charge on any atom is -0.322 e. The Morgan fingerprint density at radius 3 is 2.91 bits per heavy atom. The molecular formula is C18H13N3O2. The summed E-state index contributed by atoms with van der Waals surface area (Å²) in [7, 11) is 0. The molecule has 0 radical (unpaired) electrons. The number of aromatic nitrogens is 2. The largest absolute Gasteiger partial charge is 0.322 e. The number of rotatable bonds is 2. The fraction of sp³-hybridized carbons (Fsp3) is 0.0556. The van der Waals surface area contributed by atoms with Gasteiger partial charge in [0.15, 0.2) is 0 Å². The van der Waals surface area contributed by atoms with Crippen LogP contribution in [0.4, 0.5) is 5.69 Å². The number of terminal acetylenes is 1. The molecule has 1 aromatic carbocycles. The van der Waals surface area contributed by atoms with Crippen molar-refractivity contribution in [3.63, 3.8) is 0 Å². The van der Waals surface area contributed by atoms with Crippen LogP contribution in [0.5, 0.6) is 0 Å². The molecule has 1 amide bonds. The molecule has 0 saturated heterocycles. The third kappa shape index (κ3) is 2.83. The first-order chi connectivity index (χ1) is 11.1. The maximum Gasteiger partial charge on any atom is 0.270 e. The van der Waals surface area contributed by atoms with Gasteiger partial charge < -0.3 is 5.32 Å². The van der Waals surface area contributed by atoms with E-state index < -0.39 is 11.5 Å². The standard InChI is InChI=1S/C18H13N3O2/c1-3-13-5-4-6-14(9-13)20-17(22)15-10-19-16-8-7-12(2)11-21(16)18(15)23/h1,4-11H,2H3,(H,20,22). The molecule has 112 valence electrons. The van der Waals surface area contributed by atoms with Gasteiger partial charge >= 0.3 is 0 Å². The minimum absolute atomic E-state index is 0.0285. The predicted molar refractivity (Wildman–Crippen MR) is 88.5 cm³/mol. The second-order valence-corrected chi connectivity index (χ2v) is 5.09. The van der Waals surface area contributed by atoms with E-state index in [1.807, 2.05) is 13.0 Å². The van der Waals surface area contributed by atoms with Gasteiger partial charge in [-0.2, -0.15) is 0 Å². The first-order valence-corrected chi connectivity index (χ1v) is 6.94. The Kier molecular flexibility index (Phi) is 3.65. The normalized spacial score (nSPS) is 10.3. The van der Waals surface area contributed by atoms with Crippen LogP contribution in [0.1, 0.15) is 21.5 Å². The van der Waals surface area contributed by atoms with Crippen molar-refractivity contribution in [1.82, 2.24) is 9.38 Å². The van der Waals surface area contributed by atoms with Gasteiger partial charge in [-0.05, 0) is 36.8 Å². The second kappa shape index (κ2) is 5.78. The fourth-order valence-corrected chi connectivity index (χ4v) is 2.22. The fourth-order valence-electron chi connectivity index (χ4n) is 2.22. The Labute approximate surface area is 132 Å². The van der Waals surface area contributed by atoms with Crippen LogP contribution in [0.15, 0.2) is 53.6 Å². The number of nitrogens with zero attached hydrogens (tertiary/aromatic N) is 2. The van der Waals surface area contributed by atoms with Gasteiger partial charge in [-0.1, -0.05) is 18.1 Å². The summed E-state index contributed by atoms with van der Waals surface area (Å²) in [6.45, 7) is 1.87. The highest BCUT2D eigenvalue weighted by Gasteiger charge is 2.13. The maximum absolute atomic E-state index is 12.5. The zero-order valence-electron chi connectivity index (χ0n) is 12.4. The lowest BCUT2D eigenvalue weighted by atomic mass is 10.2. The zero-order chi connectivity index (χ0) is 16.4. The number of aryl methyl sites for hydroxylation is 1. The summed E-state index contributed by atoms with van der Waals surface area (Å²) >= 11 is 0. The number of pyridine rings is 1. The lowest BCUT2D eigenvalue weighted by Crippen LogP contribution is -2.26. The minimum atomic E-state index is -0.521. The number of benzene rings is 1. The molecule has 0 saturated carbocycles. The van der Waals surface area contributed by atoms with Crippen molar-refractivity contribution >= 4 is 17.2 Å². The van der Waals surface area contributed by atoms with Crippen LogP contribution < -0.4 is 10.9 Å². The van der Waals surface area contributed by atoms with Gasteiger partial charge in [0.25, 0.3) is 11.5 Å². The van der Waals surface area contributed by atoms with Crippen molar-refractivity contribution in [3.05, 3.63) is 75.8 Å². The highest BCUT2D eigenvalue weighted by molar-refractivity contribution is 6.04. The SMILES string of the molecule is C#Cc1cccc(NC(=O)c2cnc3ccc(C)cn3c2=O)c1. The van der Waals surface area contributed by atoms with Crippen LogP contribution in [0.25, 0.3) is 5.65 Å². The maximum atomic E-state index is 12.5. The van der Waals surface area contributed by atoms with Crippen molar-refractivity contribution in [2.45, 2.75) is 6.92 Å². The molecule has 0 aliphatic carbocycles. The van der Waals surface area contributed by atoms with Crippen LogP contribution in [-0.2, 0) is 0 Å². The number of fused-ring (bicyclic) bond motifs is 1. The quantitative estimate of drug-likeness (QED) is 0.738. The van der Waals surface area contributed by atoms with Crippen molar-refractivity contribution in [1.29, 1.82) is 0 Å². The average Bonchev–Trinajstić information content (AvgIpc) is 2.55. The number of amides is 1. The van der Waals surface area contributed by atoms with Gasteiger partial charge in [-0.3, -0.25) is 14.0 Å². The molecule has 3 aromatic rings. The van der Waals surface area contributed by atoms with Crippen molar-refractivity contribution < 1.29 is 4.79 Å². The lowest BCUT2D eigenvalue weighted by Gasteiger charge is -2.07. The third-order valence-corrected chi connectivity index (χ3v) is 3.38. The van der Waals surface area contributed by atoms with Gasteiger partial charge in [-0.25, -0.2) is 4.98 Å². The van der Waals surface area contributed by atoms with Crippen LogP contribution in [0.2, 0.25) is 0 Å². The Bertz CT molecular complexity index is 1010. The average molecular weight is 303 g/mol. The molecule has 5 heteroatoms. The molecule has 0 aliphatic heterocycles. The van der Waals surface area contributed by atoms with Crippen molar-refractivity contribution in [2.75, 3.05) is 5.32 Å². The molecule has 0 bridgehead atoms. The van der Waals surface area contributed by atoms with Gasteiger partial charge in [0.05, 0.1) is 0 Å². The smallest absolute Gasteiger partial charge is 0.270 e. The number of carbonyl (C=O) groups is 1. The molecule has 2 heterocycles. The highest BCUT2D eigenvalue weighted by Crippen LogP contribution is 2.11. The van der Waals surface area contributed by atoms with E-state index in [2.05, 4.69) is 16.2 Å². The van der Waals surface area contributed by atoms with Gasteiger partial charge in [-0.15, -0.1) is 6.42 Å². The summed E-state index contributed by atoms with van der Waals surface area (Å²) in [6.07, 6.45) is 8.27. The summed E-state index contributed by atoms with van der Waals surface area (Å²) in [6, 6.07) is 10.4. The molecule has 1 N–H and O–H groups in total. The van der Waals surface area contributed by atoms with Gasteiger partial charge in [0, 0.05) is 23.6 Å². The number of carbonyl (C=O) groups excluding carboxylic acids is 1. The Balaban J connectivity index is 1.99. The molecule has 0 aliphatic rings. The Hall–Kier alpha value is -3.39. The summed E-state index contributed by atoms with van der Waals surface area (Å²) in [5.74, 6) is 1.97. The zero-order valence-corrected chi connectivity index (χ0v) is 12.4. The van der Waals surface area contributed by atoms with Crippen LogP contribution in [0, 0.1) is 19.3 Å². The number of anilines is 1. The van der Waals surface area contributed by atoms with E-state index in [-0.39, 0.29) is 5.56 Å². The summed E-state index contributed by atoms with van der Waals surface area (Å²) in [4.78, 5) is 29.0. The van der Waals surface area contributed by atoms with E-state index in [4.69, 9.17) is 6.42 Å². The predicted octanol–water partition coefficient (Wildman–Crippen LogP) is 2.24. The molecule has 0 unspecified atom stereocenters. The van der Waals surface area contributed by atoms with Crippen LogP contribution in [0.3, 0.4) is 0 Å². The van der Waals surface area contributed by atoms with Crippen LogP contribution in [-0.4, -0.2) is 15.3 Å². The number of hydrogen-bond acceptors (Lipinski definition) is 3. The molecule has 0 fully saturated rings. The first kappa shape index (κ1) is 14.5. The topological polar surface area (TPSA) is 63.5 Å². The monoisotopic (exact) mass is 303 g/mol. The van der Waals surface area contributed by atoms with E-state index in [0.717, 1.165) is 5.56 Å². The molecular weight excluding hydrogens is 290 g/mol.